The van der Waals surface area contributed by atoms with Crippen LogP contribution in [0.4, 0.5) is 11.5 Å². The second-order valence-electron chi connectivity index (χ2n) is 13.6. The van der Waals surface area contributed by atoms with E-state index in [2.05, 4.69) is 22.8 Å². The van der Waals surface area contributed by atoms with Crippen LogP contribution in [0.1, 0.15) is 64.1 Å². The number of ether oxygens (including phenoxy) is 1. The van der Waals surface area contributed by atoms with Crippen molar-refractivity contribution >= 4 is 58.2 Å². The van der Waals surface area contributed by atoms with Crippen LogP contribution in [0.2, 0.25) is 10.0 Å². The third-order valence-corrected chi connectivity index (χ3v) is 11.1. The van der Waals surface area contributed by atoms with Gasteiger partial charge >= 0.3 is 0 Å². The van der Waals surface area contributed by atoms with Gasteiger partial charge in [0.15, 0.2) is 5.82 Å². The van der Waals surface area contributed by atoms with Gasteiger partial charge in [0.2, 0.25) is 0 Å². The minimum absolute atomic E-state index is 0.0772. The van der Waals surface area contributed by atoms with Crippen LogP contribution in [0.25, 0.3) is 22.0 Å². The summed E-state index contributed by atoms with van der Waals surface area (Å²) in [6.07, 6.45) is 3.43. The zero-order valence-electron chi connectivity index (χ0n) is 31.4. The predicted molar refractivity (Wildman–Crippen MR) is 211 cm³/mol. The first kappa shape index (κ1) is 38.8. The fourth-order valence-electron chi connectivity index (χ4n) is 7.73. The van der Waals surface area contributed by atoms with Crippen LogP contribution in [-0.2, 0) is 18.9 Å². The quantitative estimate of drug-likeness (QED) is 0.102. The number of rotatable bonds is 12. The van der Waals surface area contributed by atoms with Gasteiger partial charge in [-0.25, -0.2) is 0 Å². The number of anilines is 2. The van der Waals surface area contributed by atoms with Gasteiger partial charge in [-0.2, -0.15) is 10.2 Å². The lowest BCUT2D eigenvalue weighted by Crippen LogP contribution is -2.47. The van der Waals surface area contributed by atoms with E-state index in [1.54, 1.807) is 6.07 Å². The highest BCUT2D eigenvalue weighted by molar-refractivity contribution is 6.34. The molecule has 6 rings (SSSR count). The molecule has 0 aliphatic carbocycles. The van der Waals surface area contributed by atoms with Crippen molar-refractivity contribution in [2.45, 2.75) is 65.5 Å². The Kier molecular flexibility index (Phi) is 12.0. The number of carbonyl (C=O) groups excluding carboxylic acids is 2. The molecule has 0 saturated heterocycles. The number of aliphatic hydroxyl groups is 1. The molecule has 3 atom stereocenters. The predicted octanol–water partition coefficient (Wildman–Crippen LogP) is 7.79. The monoisotopic (exact) mass is 746 g/mol. The van der Waals surface area contributed by atoms with E-state index in [1.165, 1.54) is 0 Å². The Morgan fingerprint density at radius 1 is 0.962 bits per heavy atom. The zero-order chi connectivity index (χ0) is 38.0. The van der Waals surface area contributed by atoms with Gasteiger partial charge in [0.1, 0.15) is 18.3 Å². The number of nitrogens with zero attached hydrogens (tertiary/aromatic N) is 6. The molecule has 0 bridgehead atoms. The molecule has 0 spiro atoms. The van der Waals surface area contributed by atoms with E-state index in [0.29, 0.717) is 23.7 Å². The molecule has 1 aliphatic heterocycles. The van der Waals surface area contributed by atoms with Gasteiger partial charge in [0.05, 0.1) is 34.6 Å². The lowest BCUT2D eigenvalue weighted by atomic mass is 9.89. The topological polar surface area (TPSA) is 106 Å². The number of hydrogen-bond donors (Lipinski definition) is 1. The number of carbonyl (C=O) groups is 2. The SMILES string of the molecule is CO.Cc1cc(OCCCC2c3ccc(Cl)c(-c4c(C)nn(C)c4C)c3N([C@H](C)CN(C)c3nn(C)c4ccc(C=O)cc34)C2C=O)cc(C)c1Cl. The third kappa shape index (κ3) is 7.16. The maximum atomic E-state index is 13.2. The van der Waals surface area contributed by atoms with Crippen molar-refractivity contribution in [3.63, 3.8) is 0 Å². The molecule has 0 saturated carbocycles. The Hall–Kier alpha value is -4.38. The van der Waals surface area contributed by atoms with Gasteiger partial charge in [-0.05, 0) is 101 Å². The number of aryl methyl sites for hydroxylation is 5. The lowest BCUT2D eigenvalue weighted by molar-refractivity contribution is -0.109. The number of halogens is 2. The Morgan fingerprint density at radius 2 is 1.65 bits per heavy atom. The molecule has 10 nitrogen and oxygen atoms in total. The normalized spacial score (nSPS) is 15.7. The van der Waals surface area contributed by atoms with Crippen LogP contribution in [0.3, 0.4) is 0 Å². The van der Waals surface area contributed by atoms with E-state index in [4.69, 9.17) is 43.2 Å². The van der Waals surface area contributed by atoms with Crippen LogP contribution >= 0.6 is 23.2 Å². The summed E-state index contributed by atoms with van der Waals surface area (Å²) in [6.45, 7) is 11.2. The van der Waals surface area contributed by atoms with Crippen LogP contribution in [0, 0.1) is 27.7 Å². The third-order valence-electron chi connectivity index (χ3n) is 10.2. The minimum atomic E-state index is -0.426. The molecule has 1 N–H and O–H groups in total. The van der Waals surface area contributed by atoms with Gasteiger partial charge in [0.25, 0.3) is 0 Å². The molecule has 1 aliphatic rings. The molecule has 3 aromatic carbocycles. The molecule has 52 heavy (non-hydrogen) atoms. The summed E-state index contributed by atoms with van der Waals surface area (Å²) in [4.78, 5) is 29.2. The minimum Gasteiger partial charge on any atom is -0.494 e. The number of fused-ring (bicyclic) bond motifs is 2. The van der Waals surface area contributed by atoms with Crippen molar-refractivity contribution in [3.05, 3.63) is 86.2 Å². The van der Waals surface area contributed by atoms with Crippen molar-refractivity contribution in [2.24, 2.45) is 14.1 Å². The summed E-state index contributed by atoms with van der Waals surface area (Å²) < 4.78 is 9.89. The Labute approximate surface area is 315 Å². The van der Waals surface area contributed by atoms with E-state index in [1.807, 2.05) is 88.5 Å². The number of hydrogen-bond acceptors (Lipinski definition) is 8. The second-order valence-corrected chi connectivity index (χ2v) is 14.4. The van der Waals surface area contributed by atoms with Crippen LogP contribution in [-0.4, -0.2) is 76.6 Å². The highest BCUT2D eigenvalue weighted by atomic mass is 35.5. The summed E-state index contributed by atoms with van der Waals surface area (Å²) in [6, 6.07) is 13.0. The Bertz CT molecular complexity index is 2080. The molecule has 2 aromatic heterocycles. The largest absolute Gasteiger partial charge is 0.494 e. The highest BCUT2D eigenvalue weighted by Gasteiger charge is 2.43. The second kappa shape index (κ2) is 16.1. The molecular formula is C40H48Cl2N6O4. The number of likely N-dealkylation sites (N-methyl/N-ethyl adjacent to an activating group) is 1. The van der Waals surface area contributed by atoms with Crippen molar-refractivity contribution in [3.8, 4) is 16.9 Å². The molecule has 0 fully saturated rings. The number of benzene rings is 3. The summed E-state index contributed by atoms with van der Waals surface area (Å²) in [7, 11) is 6.84. The maximum Gasteiger partial charge on any atom is 0.158 e. The maximum absolute atomic E-state index is 13.2. The Morgan fingerprint density at radius 3 is 2.27 bits per heavy atom. The van der Waals surface area contributed by atoms with Crippen molar-refractivity contribution in [2.75, 3.05) is 37.1 Å². The highest BCUT2D eigenvalue weighted by Crippen LogP contribution is 2.52. The summed E-state index contributed by atoms with van der Waals surface area (Å²) in [5.41, 5.74) is 9.32. The molecule has 5 aromatic rings. The molecule has 0 radical (unpaired) electrons. The van der Waals surface area contributed by atoms with Crippen molar-refractivity contribution in [1.82, 2.24) is 19.6 Å². The fourth-order valence-corrected chi connectivity index (χ4v) is 8.09. The van der Waals surface area contributed by atoms with E-state index >= 15 is 0 Å². The zero-order valence-corrected chi connectivity index (χ0v) is 32.9. The van der Waals surface area contributed by atoms with Crippen LogP contribution in [0.15, 0.2) is 42.5 Å². The summed E-state index contributed by atoms with van der Waals surface area (Å²) in [5.74, 6) is 1.48. The van der Waals surface area contributed by atoms with Gasteiger partial charge in [0, 0.05) is 79.6 Å². The van der Waals surface area contributed by atoms with Crippen LogP contribution < -0.4 is 14.5 Å². The smallest absolute Gasteiger partial charge is 0.158 e. The van der Waals surface area contributed by atoms with E-state index in [-0.39, 0.29) is 12.0 Å². The summed E-state index contributed by atoms with van der Waals surface area (Å²) >= 11 is 13.5. The standard InChI is InChI=1S/C39H44Cl2N6O3.CH4O/c1-22-16-28(17-23(2)37(22)41)50-15-9-10-29-30-12-13-32(40)36(35-25(4)42-45(7)26(35)5)38(30)47(34(29)21-49)24(3)19-44(6)39-31-18-27(20-48)11-14-33(31)46(8)43-39;1-2/h11-14,16-18,20-21,24,29,34H,9-10,15,19H2,1-8H3;2H,1H3/t24-,29?,34?;/m1./s1. The summed E-state index contributed by atoms with van der Waals surface area (Å²) in [5, 5.41) is 18.8. The average Bonchev–Trinajstić information content (AvgIpc) is 3.72. The number of aliphatic hydroxyl groups excluding tert-OH is 1. The van der Waals surface area contributed by atoms with E-state index in [9.17, 15) is 9.59 Å². The van der Waals surface area contributed by atoms with Gasteiger partial charge in [-0.1, -0.05) is 29.3 Å². The van der Waals surface area contributed by atoms with E-state index in [0.717, 1.165) is 105 Å². The average molecular weight is 748 g/mol. The first-order valence-corrected chi connectivity index (χ1v) is 18.2. The molecule has 12 heteroatoms. The number of aromatic nitrogens is 4. The van der Waals surface area contributed by atoms with Crippen molar-refractivity contribution in [1.29, 1.82) is 0 Å². The van der Waals surface area contributed by atoms with Gasteiger partial charge in [-0.3, -0.25) is 14.2 Å². The number of aldehydes is 2. The van der Waals surface area contributed by atoms with Gasteiger partial charge in [-0.15, -0.1) is 0 Å². The first-order valence-electron chi connectivity index (χ1n) is 17.4. The molecule has 276 valence electrons. The van der Waals surface area contributed by atoms with E-state index < -0.39 is 6.04 Å². The Balaban J connectivity index is 0.00000257. The lowest BCUT2D eigenvalue weighted by Gasteiger charge is -2.36. The molecule has 2 unspecified atom stereocenters. The first-order chi connectivity index (χ1) is 24.9. The fraction of sp³-hybridized carbons (Fsp3) is 0.400. The molecule has 0 amide bonds. The van der Waals surface area contributed by atoms with Crippen molar-refractivity contribution < 1.29 is 19.4 Å². The van der Waals surface area contributed by atoms with Crippen LogP contribution in [0.5, 0.6) is 5.75 Å². The van der Waals surface area contributed by atoms with Gasteiger partial charge < -0.3 is 24.4 Å². The molecule has 3 heterocycles. The molecular weight excluding hydrogens is 699 g/mol.